The Balaban J connectivity index is 3.21. The number of rotatable bonds is 1. The van der Waals surface area contributed by atoms with Gasteiger partial charge in [0.15, 0.2) is 0 Å². The van der Waals surface area contributed by atoms with Gasteiger partial charge in [0.1, 0.15) is 0 Å². The van der Waals surface area contributed by atoms with E-state index in [2.05, 4.69) is 43.5 Å². The third-order valence-corrected chi connectivity index (χ3v) is 5.24. The summed E-state index contributed by atoms with van der Waals surface area (Å²) in [5.74, 6) is 0. The second-order valence-electron chi connectivity index (χ2n) is 3.13. The van der Waals surface area contributed by atoms with Crippen molar-refractivity contribution < 1.29 is 0 Å². The average Bonchev–Trinajstić information content (AvgIpc) is 1.85. The molecular weight excluding hydrogens is 195 g/mol. The Morgan fingerprint density at radius 2 is 1.45 bits per heavy atom. The number of hydrogen-bond donors (Lipinski definition) is 0. The van der Waals surface area contributed by atoms with Crippen molar-refractivity contribution >= 4 is 19.0 Å². The van der Waals surface area contributed by atoms with Crippen molar-refractivity contribution in [3.8, 4) is 0 Å². The molecule has 0 fully saturated rings. The van der Waals surface area contributed by atoms with E-state index in [1.807, 2.05) is 0 Å². The van der Waals surface area contributed by atoms with Gasteiger partial charge >= 0.3 is 73.6 Å². The van der Waals surface area contributed by atoms with Gasteiger partial charge in [0.25, 0.3) is 0 Å². The van der Waals surface area contributed by atoms with Crippen LogP contribution in [0.3, 0.4) is 0 Å². The average molecular weight is 210 g/mol. The first-order valence-corrected chi connectivity index (χ1v) is 8.55. The van der Waals surface area contributed by atoms with Crippen LogP contribution in [0.25, 0.3) is 0 Å². The van der Waals surface area contributed by atoms with Crippen LogP contribution in [0.1, 0.15) is 11.1 Å². The molecule has 0 saturated heterocycles. The fourth-order valence-corrected chi connectivity index (χ4v) is 4.78. The van der Waals surface area contributed by atoms with Crippen molar-refractivity contribution in [2.45, 2.75) is 25.3 Å². The van der Waals surface area contributed by atoms with Crippen molar-refractivity contribution in [1.29, 1.82) is 0 Å². The Kier molecular flexibility index (Phi) is 2.78. The van der Waals surface area contributed by atoms with E-state index in [0.717, 1.165) is 0 Å². The van der Waals surface area contributed by atoms with Crippen LogP contribution in [0.4, 0.5) is 0 Å². The van der Waals surface area contributed by atoms with Gasteiger partial charge in [0.05, 0.1) is 0 Å². The zero-order chi connectivity index (χ0) is 8.43. The van der Waals surface area contributed by atoms with Gasteiger partial charge in [-0.15, -0.1) is 0 Å². The van der Waals surface area contributed by atoms with E-state index in [-0.39, 0.29) is 0 Å². The summed E-state index contributed by atoms with van der Waals surface area (Å²) in [5.41, 5.74) is 7.75. The number of aryl methyl sites for hydroxylation is 2. The molecule has 0 aromatic heterocycles. The van der Waals surface area contributed by atoms with Gasteiger partial charge in [-0.2, -0.15) is 0 Å². The van der Waals surface area contributed by atoms with Crippen LogP contribution in [0.5, 0.6) is 0 Å². The molecule has 1 heteroatoms. The Morgan fingerprint density at radius 1 is 1.00 bits per heavy atom. The zero-order valence-corrected chi connectivity index (χ0v) is 9.56. The third-order valence-electron chi connectivity index (χ3n) is 1.89. The van der Waals surface area contributed by atoms with Gasteiger partial charge in [-0.3, -0.25) is 0 Å². The summed E-state index contributed by atoms with van der Waals surface area (Å²) in [6.07, 6.45) is 0. The Bertz CT molecular complexity index is 231. The molecule has 0 N–H and O–H groups in total. The van der Waals surface area contributed by atoms with Crippen LogP contribution in [-0.4, -0.2) is 14.7 Å². The molecule has 0 atom stereocenters. The van der Waals surface area contributed by atoms with E-state index in [0.29, 0.717) is 0 Å². The van der Waals surface area contributed by atoms with Crippen LogP contribution >= 0.6 is 0 Å². The quantitative estimate of drug-likeness (QED) is 0.624. The molecule has 1 aromatic rings. The van der Waals surface area contributed by atoms with E-state index in [1.165, 1.54) is 11.1 Å². The molecule has 0 aliphatic heterocycles. The van der Waals surface area contributed by atoms with Crippen LogP contribution in [0.15, 0.2) is 18.2 Å². The van der Waals surface area contributed by atoms with Crippen LogP contribution in [-0.2, 0) is 0 Å². The van der Waals surface area contributed by atoms with E-state index in [1.54, 1.807) is 4.35 Å². The molecule has 0 radical (unpaired) electrons. The van der Waals surface area contributed by atoms with Gasteiger partial charge in [-0.05, 0) is 0 Å². The summed E-state index contributed by atoms with van der Waals surface area (Å²) in [6, 6.07) is 6.58. The maximum atomic E-state index is 2.39. The fraction of sp³-hybridized carbons (Fsp3) is 0.400. The van der Waals surface area contributed by atoms with Crippen molar-refractivity contribution in [1.82, 2.24) is 0 Å². The summed E-state index contributed by atoms with van der Waals surface area (Å²) in [5, 5.41) is 0. The fourth-order valence-electron chi connectivity index (χ4n) is 1.51. The first kappa shape index (κ1) is 8.87. The Hall–Kier alpha value is -0.222. The van der Waals surface area contributed by atoms with E-state index >= 15 is 0 Å². The molecule has 0 saturated carbocycles. The SMILES string of the molecule is Cc1cccc(C)c1[As](C)C. The monoisotopic (exact) mass is 210 g/mol. The summed E-state index contributed by atoms with van der Waals surface area (Å²) in [6.45, 7) is 4.44. The molecule has 0 bridgehead atoms. The minimum absolute atomic E-state index is 0.670. The zero-order valence-electron chi connectivity index (χ0n) is 7.68. The van der Waals surface area contributed by atoms with Gasteiger partial charge in [0.2, 0.25) is 0 Å². The number of benzene rings is 1. The first-order chi connectivity index (χ1) is 5.13. The third kappa shape index (κ3) is 1.87. The molecule has 0 unspecified atom stereocenters. The molecule has 1 aromatic carbocycles. The summed E-state index contributed by atoms with van der Waals surface area (Å²) >= 11 is -0.670. The topological polar surface area (TPSA) is 0 Å². The molecular formula is C10H15As. The number of hydrogen-bond acceptors (Lipinski definition) is 0. The van der Waals surface area contributed by atoms with Gasteiger partial charge < -0.3 is 0 Å². The van der Waals surface area contributed by atoms with Gasteiger partial charge in [-0.25, -0.2) is 0 Å². The van der Waals surface area contributed by atoms with Crippen molar-refractivity contribution in [3.05, 3.63) is 29.3 Å². The van der Waals surface area contributed by atoms with Crippen LogP contribution < -0.4 is 4.35 Å². The molecule has 0 nitrogen and oxygen atoms in total. The molecule has 0 spiro atoms. The Labute approximate surface area is 73.9 Å². The molecule has 0 aliphatic carbocycles. The minimum atomic E-state index is -0.670. The van der Waals surface area contributed by atoms with E-state index in [9.17, 15) is 0 Å². The van der Waals surface area contributed by atoms with E-state index < -0.39 is 14.7 Å². The van der Waals surface area contributed by atoms with Crippen LogP contribution in [0, 0.1) is 13.8 Å². The van der Waals surface area contributed by atoms with Gasteiger partial charge in [0, 0.05) is 0 Å². The summed E-state index contributed by atoms with van der Waals surface area (Å²) in [4.78, 5) is 0. The summed E-state index contributed by atoms with van der Waals surface area (Å²) < 4.78 is 1.65. The predicted molar refractivity (Wildman–Crippen MR) is 53.0 cm³/mol. The maximum absolute atomic E-state index is 2.39. The molecule has 11 heavy (non-hydrogen) atoms. The van der Waals surface area contributed by atoms with Crippen LogP contribution in [0.2, 0.25) is 11.4 Å². The van der Waals surface area contributed by atoms with Crippen molar-refractivity contribution in [3.63, 3.8) is 0 Å². The predicted octanol–water partition coefficient (Wildman–Crippen LogP) is 2.26. The first-order valence-electron chi connectivity index (χ1n) is 3.86. The second-order valence-corrected chi connectivity index (χ2v) is 7.83. The van der Waals surface area contributed by atoms with Gasteiger partial charge in [-0.1, -0.05) is 0 Å². The molecule has 1 rings (SSSR count). The van der Waals surface area contributed by atoms with E-state index in [4.69, 9.17) is 0 Å². The standard InChI is InChI=1S/C10H15As/c1-8-6-5-7-9(2)10(8)11(3)4/h5-7H,1-4H3. The van der Waals surface area contributed by atoms with Crippen molar-refractivity contribution in [2.24, 2.45) is 0 Å². The molecule has 0 heterocycles. The molecule has 60 valence electrons. The molecule has 0 amide bonds. The van der Waals surface area contributed by atoms with Crippen molar-refractivity contribution in [2.75, 3.05) is 0 Å². The summed E-state index contributed by atoms with van der Waals surface area (Å²) in [7, 11) is 0. The molecule has 0 aliphatic rings. The second kappa shape index (κ2) is 3.45. The Morgan fingerprint density at radius 3 is 1.73 bits per heavy atom. The normalized spacial score (nSPS) is 10.6.